The van der Waals surface area contributed by atoms with Crippen molar-refractivity contribution in [3.8, 4) is 39.1 Å². The van der Waals surface area contributed by atoms with Gasteiger partial charge >= 0.3 is 0 Å². The summed E-state index contributed by atoms with van der Waals surface area (Å²) in [7, 11) is -2.72. The number of para-hydroxylation sites is 2. The summed E-state index contributed by atoms with van der Waals surface area (Å²) in [6, 6.07) is 111. The molecule has 0 aliphatic rings. The van der Waals surface area contributed by atoms with Crippen molar-refractivity contribution < 1.29 is 4.42 Å². The minimum atomic E-state index is -2.72. The molecule has 0 bridgehead atoms. The zero-order valence-corrected chi connectivity index (χ0v) is 42.7. The van der Waals surface area contributed by atoms with Gasteiger partial charge in [0.1, 0.15) is 11.2 Å². The Kier molecular flexibility index (Phi) is 11.2. The molecule has 0 atom stereocenters. The summed E-state index contributed by atoms with van der Waals surface area (Å²) >= 11 is 0. The van der Waals surface area contributed by atoms with E-state index in [9.17, 15) is 0 Å². The topological polar surface area (TPSA) is 21.3 Å². The lowest BCUT2D eigenvalue weighted by Crippen LogP contribution is -2.74. The molecule has 2 aromatic heterocycles. The van der Waals surface area contributed by atoms with Gasteiger partial charge in [-0.25, -0.2) is 0 Å². The van der Waals surface area contributed by atoms with Gasteiger partial charge in [0.15, 0.2) is 8.07 Å². The van der Waals surface area contributed by atoms with Crippen molar-refractivity contribution in [2.45, 2.75) is 0 Å². The van der Waals surface area contributed by atoms with E-state index in [4.69, 9.17) is 4.42 Å². The smallest absolute Gasteiger partial charge is 0.179 e. The van der Waals surface area contributed by atoms with Crippen LogP contribution >= 0.6 is 0 Å². The third-order valence-corrected chi connectivity index (χ3v) is 20.2. The van der Waals surface area contributed by atoms with Crippen LogP contribution in [0.5, 0.6) is 0 Å². The summed E-state index contributed by atoms with van der Waals surface area (Å²) in [6.45, 7) is 0. The van der Waals surface area contributed by atoms with E-state index in [1.165, 1.54) is 59.2 Å². The predicted octanol–water partition coefficient (Wildman–Crippen LogP) is 16.5. The Hall–Kier alpha value is -9.74. The van der Waals surface area contributed by atoms with Crippen LogP contribution in [0.1, 0.15) is 0 Å². The average molecular weight is 987 g/mol. The highest BCUT2D eigenvalue weighted by atomic mass is 28.3. The number of hydrogen-bond acceptors (Lipinski definition) is 2. The standard InChI is InChI=1S/C72H50N2OSi/c1-6-18-51(19-7-1)52-30-37-58(38-31-52)73(60-41-43-64(44-42-60)76(61-22-10-3-11-23-61,62-24-12-4-13-25-62)63-26-14-5-15-27-63)59-39-32-53(33-40-59)54-34-45-69-66(48-54)67-49-55(35-46-70(67)74(69)57-20-8-2-9-21-57)56-36-47-72-68(50-56)65-28-16-17-29-71(65)75-72/h1-50H. The number of aromatic nitrogens is 1. The maximum absolute atomic E-state index is 6.22. The normalized spacial score (nSPS) is 11.7. The third-order valence-electron chi connectivity index (χ3n) is 15.4. The van der Waals surface area contributed by atoms with Crippen molar-refractivity contribution in [1.82, 2.24) is 4.57 Å². The first kappa shape index (κ1) is 44.9. The van der Waals surface area contributed by atoms with E-state index >= 15 is 0 Å². The molecule has 358 valence electrons. The molecule has 12 aromatic carbocycles. The molecule has 14 rings (SSSR count). The molecule has 14 aromatic rings. The van der Waals surface area contributed by atoms with E-state index in [1.807, 2.05) is 12.1 Å². The zero-order chi connectivity index (χ0) is 50.4. The molecule has 0 spiro atoms. The van der Waals surface area contributed by atoms with Gasteiger partial charge in [-0.1, -0.05) is 212 Å². The first-order chi connectivity index (χ1) is 37.7. The van der Waals surface area contributed by atoms with Crippen LogP contribution in [-0.4, -0.2) is 12.6 Å². The van der Waals surface area contributed by atoms with E-state index in [0.717, 1.165) is 61.4 Å². The number of rotatable bonds is 11. The fraction of sp³-hybridized carbons (Fsp3) is 0. The first-order valence-corrected chi connectivity index (χ1v) is 28.1. The highest BCUT2D eigenvalue weighted by molar-refractivity contribution is 7.19. The van der Waals surface area contributed by atoms with Gasteiger partial charge in [-0.05, 0) is 145 Å². The number of furan rings is 1. The van der Waals surface area contributed by atoms with E-state index in [1.54, 1.807) is 0 Å². The Morgan fingerprint density at radius 2 is 0.618 bits per heavy atom. The van der Waals surface area contributed by atoms with Crippen LogP contribution in [0.25, 0.3) is 82.8 Å². The summed E-state index contributed by atoms with van der Waals surface area (Å²) in [5.41, 5.74) is 15.6. The van der Waals surface area contributed by atoms with Crippen molar-refractivity contribution in [2.24, 2.45) is 0 Å². The van der Waals surface area contributed by atoms with Crippen LogP contribution in [0.4, 0.5) is 17.1 Å². The van der Waals surface area contributed by atoms with E-state index < -0.39 is 8.07 Å². The summed E-state index contributed by atoms with van der Waals surface area (Å²) < 4.78 is 8.61. The largest absolute Gasteiger partial charge is 0.456 e. The predicted molar refractivity (Wildman–Crippen MR) is 323 cm³/mol. The second-order valence-electron chi connectivity index (χ2n) is 19.6. The van der Waals surface area contributed by atoms with E-state index in [2.05, 4.69) is 301 Å². The van der Waals surface area contributed by atoms with Gasteiger partial charge in [0.2, 0.25) is 0 Å². The second-order valence-corrected chi connectivity index (χ2v) is 23.4. The van der Waals surface area contributed by atoms with Crippen LogP contribution in [-0.2, 0) is 0 Å². The molecule has 0 N–H and O–H groups in total. The molecule has 4 heteroatoms. The van der Waals surface area contributed by atoms with Crippen molar-refractivity contribution in [1.29, 1.82) is 0 Å². The molecular weight excluding hydrogens is 937 g/mol. The molecule has 76 heavy (non-hydrogen) atoms. The number of hydrogen-bond donors (Lipinski definition) is 0. The number of benzene rings is 12. The molecule has 0 aliphatic carbocycles. The van der Waals surface area contributed by atoms with Crippen molar-refractivity contribution in [3.63, 3.8) is 0 Å². The highest BCUT2D eigenvalue weighted by Gasteiger charge is 2.41. The maximum atomic E-state index is 6.22. The van der Waals surface area contributed by atoms with Gasteiger partial charge in [-0.15, -0.1) is 0 Å². The van der Waals surface area contributed by atoms with Crippen LogP contribution in [0.15, 0.2) is 308 Å². The van der Waals surface area contributed by atoms with Gasteiger partial charge in [0, 0.05) is 44.3 Å². The fourth-order valence-electron chi connectivity index (χ4n) is 11.8. The molecule has 2 heterocycles. The van der Waals surface area contributed by atoms with Crippen molar-refractivity contribution in [2.75, 3.05) is 4.90 Å². The molecule has 3 nitrogen and oxygen atoms in total. The Labute approximate surface area is 443 Å². The molecule has 0 saturated carbocycles. The lowest BCUT2D eigenvalue weighted by molar-refractivity contribution is 0.669. The molecule has 0 saturated heterocycles. The summed E-state index contributed by atoms with van der Waals surface area (Å²) in [4.78, 5) is 2.39. The van der Waals surface area contributed by atoms with Gasteiger partial charge in [-0.2, -0.15) is 0 Å². The number of nitrogens with zero attached hydrogens (tertiary/aromatic N) is 2. The molecule has 0 aliphatic heterocycles. The number of anilines is 3. The minimum absolute atomic E-state index is 0.901. The van der Waals surface area contributed by atoms with Gasteiger partial charge in [0.05, 0.1) is 11.0 Å². The highest BCUT2D eigenvalue weighted by Crippen LogP contribution is 2.41. The van der Waals surface area contributed by atoms with Gasteiger partial charge in [-0.3, -0.25) is 0 Å². The molecule has 0 radical (unpaired) electrons. The van der Waals surface area contributed by atoms with E-state index in [0.29, 0.717) is 0 Å². The van der Waals surface area contributed by atoms with Gasteiger partial charge in [0.25, 0.3) is 0 Å². The average Bonchev–Trinajstić information content (AvgIpc) is 4.08. The Bertz CT molecular complexity index is 4250. The van der Waals surface area contributed by atoms with Crippen LogP contribution in [0.2, 0.25) is 0 Å². The summed E-state index contributed by atoms with van der Waals surface area (Å²) in [5.74, 6) is 0. The molecular formula is C72H50N2OSi. The molecule has 0 amide bonds. The minimum Gasteiger partial charge on any atom is -0.456 e. The summed E-state index contributed by atoms with van der Waals surface area (Å²) in [6.07, 6.45) is 0. The maximum Gasteiger partial charge on any atom is 0.179 e. The first-order valence-electron chi connectivity index (χ1n) is 26.1. The van der Waals surface area contributed by atoms with Crippen LogP contribution in [0.3, 0.4) is 0 Å². The SMILES string of the molecule is c1ccc(-c2ccc(N(c3ccc(-c4ccc5c(c4)c4cc(-c6ccc7oc8ccccc8c7c6)ccc4n5-c4ccccc4)cc3)c3ccc([Si](c4ccccc4)(c4ccccc4)c4ccccc4)cc3)cc2)cc1. The van der Waals surface area contributed by atoms with E-state index in [-0.39, 0.29) is 0 Å². The second kappa shape index (κ2) is 18.9. The van der Waals surface area contributed by atoms with Gasteiger partial charge < -0.3 is 13.9 Å². The zero-order valence-electron chi connectivity index (χ0n) is 41.7. The Morgan fingerprint density at radius 1 is 0.263 bits per heavy atom. The molecule has 0 fully saturated rings. The lowest BCUT2D eigenvalue weighted by atomic mass is 9.99. The van der Waals surface area contributed by atoms with Crippen molar-refractivity contribution in [3.05, 3.63) is 303 Å². The quantitative estimate of drug-likeness (QED) is 0.0951. The van der Waals surface area contributed by atoms with Crippen molar-refractivity contribution >= 4 is 89.6 Å². The van der Waals surface area contributed by atoms with Crippen LogP contribution in [0, 0.1) is 0 Å². The number of fused-ring (bicyclic) bond motifs is 6. The Balaban J connectivity index is 0.878. The Morgan fingerprint density at radius 3 is 1.14 bits per heavy atom. The monoisotopic (exact) mass is 986 g/mol. The molecule has 0 unspecified atom stereocenters. The van der Waals surface area contributed by atoms with Crippen LogP contribution < -0.4 is 25.6 Å². The third kappa shape index (κ3) is 7.74. The lowest BCUT2D eigenvalue weighted by Gasteiger charge is -2.35. The summed E-state index contributed by atoms with van der Waals surface area (Å²) in [5, 5.41) is 10.1. The fourth-order valence-corrected chi connectivity index (χ4v) is 16.5.